The maximum Gasteiger partial charge on any atom is 0.152 e. The second-order valence-electron chi connectivity index (χ2n) is 5.59. The van der Waals surface area contributed by atoms with Crippen LogP contribution >= 0.6 is 11.8 Å². The summed E-state index contributed by atoms with van der Waals surface area (Å²) in [6.07, 6.45) is 5.88. The van der Waals surface area contributed by atoms with Crippen molar-refractivity contribution in [3.8, 4) is 0 Å². The van der Waals surface area contributed by atoms with Gasteiger partial charge in [-0.2, -0.15) is 0 Å². The molecule has 22 heavy (non-hydrogen) atoms. The molecule has 2 aromatic rings. The van der Waals surface area contributed by atoms with Gasteiger partial charge in [0.15, 0.2) is 6.29 Å². The van der Waals surface area contributed by atoms with Gasteiger partial charge < -0.3 is 4.90 Å². The fourth-order valence-corrected chi connectivity index (χ4v) is 4.08. The van der Waals surface area contributed by atoms with E-state index in [1.54, 1.807) is 11.8 Å². The average Bonchev–Trinajstić information content (AvgIpc) is 2.57. The minimum atomic E-state index is 0.787. The van der Waals surface area contributed by atoms with Gasteiger partial charge in [-0.1, -0.05) is 56.1 Å². The lowest BCUT2D eigenvalue weighted by Crippen LogP contribution is -2.23. The number of fused-ring (bicyclic) bond motifs is 2. The lowest BCUT2D eigenvalue weighted by Gasteiger charge is -2.33. The highest BCUT2D eigenvalue weighted by molar-refractivity contribution is 7.99. The van der Waals surface area contributed by atoms with Crippen LogP contribution in [0.25, 0.3) is 0 Å². The number of carbonyl (C=O) groups excluding carboxylic acids is 1. The third-order valence-corrected chi connectivity index (χ3v) is 5.15. The van der Waals surface area contributed by atoms with Crippen molar-refractivity contribution < 1.29 is 4.79 Å². The van der Waals surface area contributed by atoms with Gasteiger partial charge in [0, 0.05) is 21.9 Å². The second kappa shape index (κ2) is 7.01. The molecule has 2 nitrogen and oxygen atoms in total. The van der Waals surface area contributed by atoms with Crippen LogP contribution in [0.5, 0.6) is 0 Å². The summed E-state index contributed by atoms with van der Waals surface area (Å²) in [5.74, 6) is 0. The number of unbranched alkanes of at least 4 members (excludes halogenated alkanes) is 3. The summed E-state index contributed by atoms with van der Waals surface area (Å²) in [7, 11) is 0. The molecule has 0 N–H and O–H groups in total. The van der Waals surface area contributed by atoms with Gasteiger partial charge in [-0.3, -0.25) is 4.79 Å². The molecule has 1 aliphatic rings. The van der Waals surface area contributed by atoms with E-state index in [1.165, 1.54) is 34.7 Å². The maximum absolute atomic E-state index is 11.5. The second-order valence-corrected chi connectivity index (χ2v) is 6.68. The Morgan fingerprint density at radius 3 is 2.64 bits per heavy atom. The van der Waals surface area contributed by atoms with Gasteiger partial charge in [-0.15, -0.1) is 0 Å². The van der Waals surface area contributed by atoms with E-state index in [1.807, 2.05) is 12.1 Å². The van der Waals surface area contributed by atoms with Crippen molar-refractivity contribution in [3.05, 3.63) is 48.0 Å². The lowest BCUT2D eigenvalue weighted by molar-refractivity contribution is 0.112. The number of anilines is 2. The predicted octanol–water partition coefficient (Wildman–Crippen LogP) is 5.68. The molecule has 0 unspecified atom stereocenters. The zero-order chi connectivity index (χ0) is 15.4. The Kier molecular flexibility index (Phi) is 4.84. The van der Waals surface area contributed by atoms with Crippen LogP contribution in [-0.2, 0) is 0 Å². The Morgan fingerprint density at radius 1 is 1.00 bits per heavy atom. The summed E-state index contributed by atoms with van der Waals surface area (Å²) in [6, 6.07) is 14.5. The van der Waals surface area contributed by atoms with Crippen LogP contribution in [0.3, 0.4) is 0 Å². The molecule has 0 bridgehead atoms. The number of hydrogen-bond acceptors (Lipinski definition) is 3. The molecule has 0 radical (unpaired) electrons. The van der Waals surface area contributed by atoms with Gasteiger partial charge in [0.2, 0.25) is 0 Å². The highest BCUT2D eigenvalue weighted by Crippen LogP contribution is 2.49. The van der Waals surface area contributed by atoms with Crippen LogP contribution in [0.2, 0.25) is 0 Å². The van der Waals surface area contributed by atoms with Crippen LogP contribution in [0.4, 0.5) is 11.4 Å². The van der Waals surface area contributed by atoms with Crippen molar-refractivity contribution >= 4 is 29.4 Å². The maximum atomic E-state index is 11.5. The first-order valence-electron chi connectivity index (χ1n) is 7.97. The molecule has 0 spiro atoms. The predicted molar refractivity (Wildman–Crippen MR) is 93.5 cm³/mol. The average molecular weight is 311 g/mol. The summed E-state index contributed by atoms with van der Waals surface area (Å²) in [5, 5.41) is 0. The fraction of sp³-hybridized carbons (Fsp3) is 0.316. The third kappa shape index (κ3) is 2.91. The monoisotopic (exact) mass is 311 g/mol. The first kappa shape index (κ1) is 15.2. The molecule has 0 atom stereocenters. The zero-order valence-corrected chi connectivity index (χ0v) is 13.7. The van der Waals surface area contributed by atoms with E-state index < -0.39 is 0 Å². The minimum Gasteiger partial charge on any atom is -0.339 e. The van der Waals surface area contributed by atoms with Crippen LogP contribution in [0, 0.1) is 0 Å². The van der Waals surface area contributed by atoms with Crippen molar-refractivity contribution in [1.29, 1.82) is 0 Å². The number of carbonyl (C=O) groups is 1. The molecule has 114 valence electrons. The molecular weight excluding hydrogens is 290 g/mol. The zero-order valence-electron chi connectivity index (χ0n) is 12.9. The molecule has 3 heteroatoms. The van der Waals surface area contributed by atoms with Gasteiger partial charge in [0.25, 0.3) is 0 Å². The van der Waals surface area contributed by atoms with E-state index in [4.69, 9.17) is 0 Å². The number of benzene rings is 2. The SMILES string of the molecule is CCCCCCN1c2ccccc2Sc2cccc(C=O)c21. The Balaban J connectivity index is 1.97. The molecule has 0 saturated carbocycles. The Morgan fingerprint density at radius 2 is 1.82 bits per heavy atom. The Hall–Kier alpha value is -1.74. The van der Waals surface area contributed by atoms with Crippen molar-refractivity contribution in [2.24, 2.45) is 0 Å². The highest BCUT2D eigenvalue weighted by Gasteiger charge is 2.24. The van der Waals surface area contributed by atoms with Crippen molar-refractivity contribution in [3.63, 3.8) is 0 Å². The lowest BCUT2D eigenvalue weighted by atomic mass is 10.1. The molecular formula is C19H21NOS. The molecule has 0 aliphatic carbocycles. The quantitative estimate of drug-likeness (QED) is 0.505. The van der Waals surface area contributed by atoms with Gasteiger partial charge in [-0.05, 0) is 30.7 Å². The largest absolute Gasteiger partial charge is 0.339 e. The first-order valence-corrected chi connectivity index (χ1v) is 8.79. The van der Waals surface area contributed by atoms with E-state index >= 15 is 0 Å². The van der Waals surface area contributed by atoms with E-state index in [2.05, 4.69) is 42.2 Å². The molecule has 1 aliphatic heterocycles. The normalized spacial score (nSPS) is 12.7. The topological polar surface area (TPSA) is 20.3 Å². The van der Waals surface area contributed by atoms with Gasteiger partial charge in [0.1, 0.15) is 0 Å². The Labute approximate surface area is 136 Å². The fourth-order valence-electron chi connectivity index (χ4n) is 2.94. The van der Waals surface area contributed by atoms with Crippen molar-refractivity contribution in [2.45, 2.75) is 42.4 Å². The minimum absolute atomic E-state index is 0.787. The van der Waals surface area contributed by atoms with Crippen molar-refractivity contribution in [2.75, 3.05) is 11.4 Å². The molecule has 2 aromatic carbocycles. The first-order chi connectivity index (χ1) is 10.8. The summed E-state index contributed by atoms with van der Waals surface area (Å²) in [4.78, 5) is 16.3. The Bertz CT molecular complexity index is 668. The number of rotatable bonds is 6. The smallest absolute Gasteiger partial charge is 0.152 e. The summed E-state index contributed by atoms with van der Waals surface area (Å²) < 4.78 is 0. The van der Waals surface area contributed by atoms with Crippen LogP contribution in [0.1, 0.15) is 43.0 Å². The summed E-state index contributed by atoms with van der Waals surface area (Å²) in [5.41, 5.74) is 3.10. The van der Waals surface area contributed by atoms with Crippen LogP contribution < -0.4 is 4.90 Å². The molecule has 3 rings (SSSR count). The van der Waals surface area contributed by atoms with Gasteiger partial charge in [0.05, 0.1) is 11.4 Å². The van der Waals surface area contributed by atoms with Crippen molar-refractivity contribution in [1.82, 2.24) is 0 Å². The molecule has 0 aromatic heterocycles. The van der Waals surface area contributed by atoms with Crippen LogP contribution in [-0.4, -0.2) is 12.8 Å². The number of nitrogens with zero attached hydrogens (tertiary/aromatic N) is 1. The molecule has 0 amide bonds. The van der Waals surface area contributed by atoms with Crippen LogP contribution in [0.15, 0.2) is 52.3 Å². The number of aldehydes is 1. The van der Waals surface area contributed by atoms with E-state index in [-0.39, 0.29) is 0 Å². The molecule has 1 heterocycles. The van der Waals surface area contributed by atoms with E-state index in [0.717, 1.165) is 30.5 Å². The number of hydrogen-bond donors (Lipinski definition) is 0. The standard InChI is InChI=1S/C19H21NOS/c1-2-3-4-7-13-20-16-10-5-6-11-17(16)22-18-12-8-9-15(14-21)19(18)20/h5-6,8-12,14H,2-4,7,13H2,1H3. The third-order valence-electron chi connectivity index (χ3n) is 4.04. The molecule has 0 fully saturated rings. The highest BCUT2D eigenvalue weighted by atomic mass is 32.2. The number of para-hydroxylation sites is 2. The molecule has 0 saturated heterocycles. The van der Waals surface area contributed by atoms with Gasteiger partial charge in [-0.25, -0.2) is 0 Å². The van der Waals surface area contributed by atoms with E-state index in [0.29, 0.717) is 0 Å². The van der Waals surface area contributed by atoms with E-state index in [9.17, 15) is 4.79 Å². The summed E-state index contributed by atoms with van der Waals surface area (Å²) in [6.45, 7) is 3.20. The van der Waals surface area contributed by atoms with Gasteiger partial charge >= 0.3 is 0 Å². The summed E-state index contributed by atoms with van der Waals surface area (Å²) >= 11 is 1.76.